The Bertz CT molecular complexity index is 705. The zero-order valence-corrected chi connectivity index (χ0v) is 11.7. The van der Waals surface area contributed by atoms with Crippen molar-refractivity contribution in [3.8, 4) is 5.69 Å². The molecule has 2 aromatic heterocycles. The van der Waals surface area contributed by atoms with Crippen LogP contribution in [0.15, 0.2) is 60.4 Å². The first kappa shape index (κ1) is 12.6. The van der Waals surface area contributed by atoms with E-state index < -0.39 is 0 Å². The van der Waals surface area contributed by atoms with Crippen molar-refractivity contribution in [1.29, 1.82) is 0 Å². The van der Waals surface area contributed by atoms with E-state index in [1.54, 1.807) is 18.1 Å². The van der Waals surface area contributed by atoms with Crippen LogP contribution < -0.4 is 4.90 Å². The Morgan fingerprint density at radius 3 is 2.75 bits per heavy atom. The van der Waals surface area contributed by atoms with Gasteiger partial charge in [0, 0.05) is 42.3 Å². The summed E-state index contributed by atoms with van der Waals surface area (Å²) in [6, 6.07) is 11.5. The third-order valence-electron chi connectivity index (χ3n) is 3.01. The third-order valence-corrected chi connectivity index (χ3v) is 3.85. The Balaban J connectivity index is 1.91. The van der Waals surface area contributed by atoms with Crippen molar-refractivity contribution in [2.45, 2.75) is 0 Å². The Morgan fingerprint density at radius 1 is 1.25 bits per heavy atom. The van der Waals surface area contributed by atoms with Crippen molar-refractivity contribution in [2.24, 2.45) is 0 Å². The molecular weight excluding hydrogens is 270 g/mol. The Hall–Kier alpha value is -2.40. The Labute approximate surface area is 120 Å². The van der Waals surface area contributed by atoms with Crippen molar-refractivity contribution in [3.63, 3.8) is 0 Å². The number of anilines is 1. The highest BCUT2D eigenvalue weighted by Gasteiger charge is 2.15. The van der Waals surface area contributed by atoms with Gasteiger partial charge in [0.2, 0.25) is 0 Å². The molecule has 0 unspecified atom stereocenters. The van der Waals surface area contributed by atoms with E-state index in [1.165, 1.54) is 11.3 Å². The van der Waals surface area contributed by atoms with Crippen LogP contribution in [0.2, 0.25) is 0 Å². The number of carbonyl (C=O) groups is 1. The third kappa shape index (κ3) is 2.35. The van der Waals surface area contributed by atoms with Crippen LogP contribution in [0.3, 0.4) is 0 Å². The average molecular weight is 283 g/mol. The fraction of sp³-hybridized carbons (Fsp3) is 0.0667. The molecule has 1 aromatic carbocycles. The quantitative estimate of drug-likeness (QED) is 0.740. The molecule has 100 valence electrons. The van der Waals surface area contributed by atoms with E-state index >= 15 is 0 Å². The molecule has 3 rings (SSSR count). The molecule has 0 saturated heterocycles. The highest BCUT2D eigenvalue weighted by molar-refractivity contribution is 7.13. The maximum absolute atomic E-state index is 12.4. The lowest BCUT2D eigenvalue weighted by molar-refractivity contribution is 0.0993. The summed E-state index contributed by atoms with van der Waals surface area (Å²) in [4.78, 5) is 18.2. The normalized spacial score (nSPS) is 10.4. The second-order valence-corrected chi connectivity index (χ2v) is 5.19. The predicted octanol–water partition coefficient (Wildman–Crippen LogP) is 3.21. The molecule has 0 fully saturated rings. The van der Waals surface area contributed by atoms with Crippen LogP contribution in [0.1, 0.15) is 10.4 Å². The fourth-order valence-electron chi connectivity index (χ4n) is 1.97. The van der Waals surface area contributed by atoms with Crippen LogP contribution in [-0.2, 0) is 0 Å². The van der Waals surface area contributed by atoms with Crippen LogP contribution in [0.4, 0.5) is 5.13 Å². The van der Waals surface area contributed by atoms with Crippen molar-refractivity contribution >= 4 is 22.4 Å². The van der Waals surface area contributed by atoms with Gasteiger partial charge < -0.3 is 4.57 Å². The predicted molar refractivity (Wildman–Crippen MR) is 80.6 cm³/mol. The lowest BCUT2D eigenvalue weighted by Crippen LogP contribution is -2.26. The van der Waals surface area contributed by atoms with E-state index in [0.717, 1.165) is 5.69 Å². The minimum absolute atomic E-state index is 0.0612. The van der Waals surface area contributed by atoms with Crippen molar-refractivity contribution in [3.05, 3.63) is 65.9 Å². The van der Waals surface area contributed by atoms with E-state index in [4.69, 9.17) is 0 Å². The average Bonchev–Trinajstić information content (AvgIpc) is 3.18. The smallest absolute Gasteiger partial charge is 0.259 e. The number of carbonyl (C=O) groups excluding carboxylic acids is 1. The number of nitrogens with zero attached hydrogens (tertiary/aromatic N) is 3. The lowest BCUT2D eigenvalue weighted by atomic mass is 10.2. The van der Waals surface area contributed by atoms with Crippen LogP contribution in [0, 0.1) is 0 Å². The molecule has 0 aliphatic rings. The van der Waals surface area contributed by atoms with Gasteiger partial charge >= 0.3 is 0 Å². The maximum Gasteiger partial charge on any atom is 0.259 e. The van der Waals surface area contributed by atoms with Crippen LogP contribution in [-0.4, -0.2) is 22.5 Å². The Kier molecular flexibility index (Phi) is 3.35. The molecular formula is C15H13N3OS. The van der Waals surface area contributed by atoms with Gasteiger partial charge in [-0.3, -0.25) is 9.69 Å². The topological polar surface area (TPSA) is 38.1 Å². The molecule has 0 radical (unpaired) electrons. The van der Waals surface area contributed by atoms with Gasteiger partial charge in [-0.15, -0.1) is 11.3 Å². The molecule has 20 heavy (non-hydrogen) atoms. The summed E-state index contributed by atoms with van der Waals surface area (Å²) in [5.41, 5.74) is 1.61. The summed E-state index contributed by atoms with van der Waals surface area (Å²) in [6.45, 7) is 0. The van der Waals surface area contributed by atoms with E-state index in [2.05, 4.69) is 4.98 Å². The standard InChI is InChI=1S/C15H13N3OS/c1-17(15-16-7-10-20-15)14(19)12-5-4-6-13(11-12)18-8-2-3-9-18/h2-11H,1H3. The first-order valence-corrected chi connectivity index (χ1v) is 7.04. The highest BCUT2D eigenvalue weighted by atomic mass is 32.1. The second-order valence-electron chi connectivity index (χ2n) is 4.32. The molecule has 0 atom stereocenters. The zero-order chi connectivity index (χ0) is 13.9. The monoisotopic (exact) mass is 283 g/mol. The molecule has 0 spiro atoms. The van der Waals surface area contributed by atoms with Gasteiger partial charge in [-0.1, -0.05) is 6.07 Å². The molecule has 0 saturated carbocycles. The minimum atomic E-state index is -0.0612. The summed E-state index contributed by atoms with van der Waals surface area (Å²) in [7, 11) is 1.74. The highest BCUT2D eigenvalue weighted by Crippen LogP contribution is 2.19. The molecule has 5 heteroatoms. The van der Waals surface area contributed by atoms with Crippen LogP contribution in [0.25, 0.3) is 5.69 Å². The number of benzene rings is 1. The van der Waals surface area contributed by atoms with Crippen molar-refractivity contribution in [1.82, 2.24) is 9.55 Å². The van der Waals surface area contributed by atoms with E-state index in [9.17, 15) is 4.79 Å². The van der Waals surface area contributed by atoms with Gasteiger partial charge in [0.25, 0.3) is 5.91 Å². The van der Waals surface area contributed by atoms with Crippen molar-refractivity contribution < 1.29 is 4.79 Å². The summed E-state index contributed by atoms with van der Waals surface area (Å²) in [5.74, 6) is -0.0612. The van der Waals surface area contributed by atoms with Crippen molar-refractivity contribution in [2.75, 3.05) is 11.9 Å². The summed E-state index contributed by atoms with van der Waals surface area (Å²) < 4.78 is 1.97. The summed E-state index contributed by atoms with van der Waals surface area (Å²) >= 11 is 1.44. The van der Waals surface area contributed by atoms with E-state index in [-0.39, 0.29) is 5.91 Å². The van der Waals surface area contributed by atoms with Gasteiger partial charge in [0.15, 0.2) is 5.13 Å². The minimum Gasteiger partial charge on any atom is -0.324 e. The first-order valence-electron chi connectivity index (χ1n) is 6.16. The number of amides is 1. The largest absolute Gasteiger partial charge is 0.324 e. The number of thiazole rings is 1. The molecule has 2 heterocycles. The molecule has 0 N–H and O–H groups in total. The molecule has 1 amide bonds. The maximum atomic E-state index is 12.4. The zero-order valence-electron chi connectivity index (χ0n) is 10.9. The first-order chi connectivity index (χ1) is 9.75. The fourth-order valence-corrected chi connectivity index (χ4v) is 2.57. The lowest BCUT2D eigenvalue weighted by Gasteiger charge is -2.14. The van der Waals surface area contributed by atoms with Gasteiger partial charge in [0.05, 0.1) is 0 Å². The second kappa shape index (κ2) is 5.30. The van der Waals surface area contributed by atoms with Gasteiger partial charge in [-0.05, 0) is 30.3 Å². The van der Waals surface area contributed by atoms with E-state index in [1.807, 2.05) is 58.7 Å². The van der Waals surface area contributed by atoms with Gasteiger partial charge in [-0.25, -0.2) is 4.98 Å². The molecule has 0 aliphatic heterocycles. The van der Waals surface area contributed by atoms with Gasteiger partial charge in [-0.2, -0.15) is 0 Å². The van der Waals surface area contributed by atoms with Crippen LogP contribution in [0.5, 0.6) is 0 Å². The number of aromatic nitrogens is 2. The molecule has 3 aromatic rings. The Morgan fingerprint density at radius 2 is 2.05 bits per heavy atom. The summed E-state index contributed by atoms with van der Waals surface area (Å²) in [5, 5.41) is 2.55. The summed E-state index contributed by atoms with van der Waals surface area (Å²) in [6.07, 6.45) is 5.60. The number of rotatable bonds is 3. The van der Waals surface area contributed by atoms with Crippen LogP contribution >= 0.6 is 11.3 Å². The number of hydrogen-bond donors (Lipinski definition) is 0. The van der Waals surface area contributed by atoms with Gasteiger partial charge in [0.1, 0.15) is 0 Å². The molecule has 0 bridgehead atoms. The molecule has 4 nitrogen and oxygen atoms in total. The molecule has 0 aliphatic carbocycles. The number of hydrogen-bond acceptors (Lipinski definition) is 3. The SMILES string of the molecule is CN(C(=O)c1cccc(-n2cccc2)c1)c1nccs1. The van der Waals surface area contributed by atoms with E-state index in [0.29, 0.717) is 10.7 Å².